The van der Waals surface area contributed by atoms with E-state index in [1.165, 1.54) is 12.0 Å². The molecule has 0 saturated carbocycles. The topological polar surface area (TPSA) is 79.4 Å². The molecule has 1 fully saturated rings. The maximum absolute atomic E-state index is 12.8. The number of carbonyl (C=O) groups is 2. The van der Waals surface area contributed by atoms with E-state index < -0.39 is 18.2 Å². The molecule has 2 atom stereocenters. The Bertz CT molecular complexity index is 837. The summed E-state index contributed by atoms with van der Waals surface area (Å²) in [5.41, 5.74) is 2.01. The molecule has 6 heteroatoms. The first-order valence-electron chi connectivity index (χ1n) is 11.0. The average molecular weight is 426 g/mol. The number of epoxide rings is 1. The van der Waals surface area contributed by atoms with Crippen LogP contribution < -0.4 is 4.74 Å². The minimum Gasteiger partial charge on any atom is -0.484 e. The van der Waals surface area contributed by atoms with Gasteiger partial charge in [0.2, 0.25) is 0 Å². The van der Waals surface area contributed by atoms with E-state index in [1.807, 2.05) is 23.1 Å². The Balaban J connectivity index is 1.50. The average Bonchev–Trinajstić information content (AvgIpc) is 3.59. The quantitative estimate of drug-likeness (QED) is 0.384. The van der Waals surface area contributed by atoms with E-state index in [9.17, 15) is 9.59 Å². The molecule has 2 aromatic rings. The zero-order valence-corrected chi connectivity index (χ0v) is 18.0. The van der Waals surface area contributed by atoms with Crippen LogP contribution in [0.2, 0.25) is 0 Å². The summed E-state index contributed by atoms with van der Waals surface area (Å²) in [4.78, 5) is 25.6. The van der Waals surface area contributed by atoms with Gasteiger partial charge in [-0.3, -0.25) is 4.79 Å². The second-order valence-corrected chi connectivity index (χ2v) is 7.85. The largest absolute Gasteiger partial charge is 0.484 e. The van der Waals surface area contributed by atoms with Crippen molar-refractivity contribution in [1.82, 2.24) is 4.90 Å². The van der Waals surface area contributed by atoms with Gasteiger partial charge in [0.1, 0.15) is 11.9 Å². The standard InChI is InChI=1S/C25H31NO5/c1-2-3-4-8-16-26(17-15-19-9-6-5-7-10-19)22(27)18-30-21-13-11-20(12-14-21)23-24(31-23)25(28)29/h5-7,9-14,23-24H,2-4,8,15-18H2,1H3,(H,28,29)/t23?,24-/m0/s1. The van der Waals surface area contributed by atoms with Gasteiger partial charge in [-0.2, -0.15) is 0 Å². The zero-order valence-electron chi connectivity index (χ0n) is 18.0. The molecular weight excluding hydrogens is 394 g/mol. The third-order valence-electron chi connectivity index (χ3n) is 5.45. The lowest BCUT2D eigenvalue weighted by Crippen LogP contribution is -2.37. The Morgan fingerprint density at radius 1 is 1.00 bits per heavy atom. The summed E-state index contributed by atoms with van der Waals surface area (Å²) in [7, 11) is 0. The van der Waals surface area contributed by atoms with Gasteiger partial charge in [0.15, 0.2) is 12.7 Å². The van der Waals surface area contributed by atoms with E-state index in [1.54, 1.807) is 24.3 Å². The van der Waals surface area contributed by atoms with Crippen molar-refractivity contribution in [2.45, 2.75) is 51.2 Å². The van der Waals surface area contributed by atoms with Crippen molar-refractivity contribution in [2.75, 3.05) is 19.7 Å². The Morgan fingerprint density at radius 2 is 1.74 bits per heavy atom. The number of carbonyl (C=O) groups excluding carboxylic acids is 1. The van der Waals surface area contributed by atoms with Crippen molar-refractivity contribution in [3.8, 4) is 5.75 Å². The highest BCUT2D eigenvalue weighted by Gasteiger charge is 2.46. The summed E-state index contributed by atoms with van der Waals surface area (Å²) in [5.74, 6) is -0.392. The minimum absolute atomic E-state index is 0.0143. The van der Waals surface area contributed by atoms with E-state index in [4.69, 9.17) is 14.6 Å². The van der Waals surface area contributed by atoms with Crippen LogP contribution in [0.3, 0.4) is 0 Å². The normalized spacial score (nSPS) is 17.2. The number of hydrogen-bond acceptors (Lipinski definition) is 4. The Hall–Kier alpha value is -2.86. The summed E-state index contributed by atoms with van der Waals surface area (Å²) in [6.07, 6.45) is 4.11. The number of amides is 1. The first-order chi connectivity index (χ1) is 15.1. The summed E-state index contributed by atoms with van der Waals surface area (Å²) in [6.45, 7) is 3.57. The van der Waals surface area contributed by atoms with Gasteiger partial charge in [-0.15, -0.1) is 0 Å². The van der Waals surface area contributed by atoms with Crippen LogP contribution in [0.25, 0.3) is 0 Å². The molecule has 1 aliphatic heterocycles. The fraction of sp³-hybridized carbons (Fsp3) is 0.440. The van der Waals surface area contributed by atoms with Crippen LogP contribution in [0.4, 0.5) is 0 Å². The van der Waals surface area contributed by atoms with Crippen molar-refractivity contribution >= 4 is 11.9 Å². The number of carboxylic acids is 1. The molecular formula is C25H31NO5. The molecule has 166 valence electrons. The number of ether oxygens (including phenoxy) is 2. The van der Waals surface area contributed by atoms with E-state index in [0.29, 0.717) is 12.3 Å². The lowest BCUT2D eigenvalue weighted by Gasteiger charge is -2.23. The highest BCUT2D eigenvalue weighted by atomic mass is 16.6. The van der Waals surface area contributed by atoms with Crippen molar-refractivity contribution in [2.24, 2.45) is 0 Å². The van der Waals surface area contributed by atoms with Gasteiger partial charge in [-0.05, 0) is 36.1 Å². The summed E-state index contributed by atoms with van der Waals surface area (Å²) in [6, 6.07) is 17.2. The van der Waals surface area contributed by atoms with Gasteiger partial charge in [-0.1, -0.05) is 68.7 Å². The van der Waals surface area contributed by atoms with Gasteiger partial charge in [0.25, 0.3) is 5.91 Å². The molecule has 0 spiro atoms. The van der Waals surface area contributed by atoms with Gasteiger partial charge >= 0.3 is 5.97 Å². The van der Waals surface area contributed by atoms with Crippen molar-refractivity contribution in [3.05, 3.63) is 65.7 Å². The molecule has 0 bridgehead atoms. The molecule has 1 saturated heterocycles. The first kappa shape index (κ1) is 22.8. The molecule has 3 rings (SSSR count). The predicted molar refractivity (Wildman–Crippen MR) is 118 cm³/mol. The molecule has 1 N–H and O–H groups in total. The summed E-state index contributed by atoms with van der Waals surface area (Å²) >= 11 is 0. The number of aliphatic carboxylic acids is 1. The van der Waals surface area contributed by atoms with Gasteiger partial charge in [0.05, 0.1) is 0 Å². The second kappa shape index (κ2) is 11.5. The number of carboxylic acid groups (broad SMARTS) is 1. The van der Waals surface area contributed by atoms with Gasteiger partial charge in [-0.25, -0.2) is 4.79 Å². The smallest absolute Gasteiger partial charge is 0.335 e. The maximum Gasteiger partial charge on any atom is 0.335 e. The van der Waals surface area contributed by atoms with E-state index in [2.05, 4.69) is 19.1 Å². The maximum atomic E-state index is 12.8. The van der Waals surface area contributed by atoms with Crippen molar-refractivity contribution in [1.29, 1.82) is 0 Å². The van der Waals surface area contributed by atoms with Crippen LogP contribution in [0.15, 0.2) is 54.6 Å². The minimum atomic E-state index is -0.953. The van der Waals surface area contributed by atoms with Crippen LogP contribution in [0.1, 0.15) is 49.8 Å². The molecule has 1 amide bonds. The Morgan fingerprint density at radius 3 is 2.39 bits per heavy atom. The van der Waals surface area contributed by atoms with Crippen LogP contribution >= 0.6 is 0 Å². The fourth-order valence-electron chi connectivity index (χ4n) is 3.54. The molecule has 31 heavy (non-hydrogen) atoms. The molecule has 0 radical (unpaired) electrons. The van der Waals surface area contributed by atoms with Crippen molar-refractivity contribution < 1.29 is 24.2 Å². The van der Waals surface area contributed by atoms with E-state index >= 15 is 0 Å². The number of nitrogens with zero attached hydrogens (tertiary/aromatic N) is 1. The Kier molecular flexibility index (Phi) is 8.47. The van der Waals surface area contributed by atoms with Crippen molar-refractivity contribution in [3.63, 3.8) is 0 Å². The number of rotatable bonds is 13. The number of unbranched alkanes of at least 4 members (excludes halogenated alkanes) is 3. The fourth-order valence-corrected chi connectivity index (χ4v) is 3.54. The van der Waals surface area contributed by atoms with Gasteiger partial charge < -0.3 is 19.5 Å². The first-order valence-corrected chi connectivity index (χ1v) is 11.0. The molecule has 6 nitrogen and oxygen atoms in total. The zero-order chi connectivity index (χ0) is 22.1. The Labute approximate surface area is 183 Å². The number of benzene rings is 2. The van der Waals surface area contributed by atoms with Gasteiger partial charge in [0, 0.05) is 13.1 Å². The summed E-state index contributed by atoms with van der Waals surface area (Å²) < 4.78 is 10.9. The molecule has 1 heterocycles. The van der Waals surface area contributed by atoms with Crippen LogP contribution in [0.5, 0.6) is 5.75 Å². The monoisotopic (exact) mass is 425 g/mol. The lowest BCUT2D eigenvalue weighted by atomic mass is 10.1. The lowest BCUT2D eigenvalue weighted by molar-refractivity contribution is -0.138. The van der Waals surface area contributed by atoms with E-state index in [-0.39, 0.29) is 12.5 Å². The summed E-state index contributed by atoms with van der Waals surface area (Å²) in [5, 5.41) is 8.95. The molecule has 0 aromatic heterocycles. The van der Waals surface area contributed by atoms with Crippen LogP contribution in [0, 0.1) is 0 Å². The predicted octanol–water partition coefficient (Wildman–Crippen LogP) is 4.24. The third-order valence-corrected chi connectivity index (χ3v) is 5.45. The molecule has 1 unspecified atom stereocenters. The third kappa shape index (κ3) is 7.10. The van der Waals surface area contributed by atoms with E-state index in [0.717, 1.165) is 37.8 Å². The number of hydrogen-bond donors (Lipinski definition) is 1. The molecule has 0 aliphatic carbocycles. The molecule has 1 aliphatic rings. The van der Waals surface area contributed by atoms with Crippen LogP contribution in [-0.4, -0.2) is 47.7 Å². The highest BCUT2D eigenvalue weighted by molar-refractivity contribution is 5.78. The van der Waals surface area contributed by atoms with Crippen LogP contribution in [-0.2, 0) is 20.7 Å². The molecule has 2 aromatic carbocycles. The highest BCUT2D eigenvalue weighted by Crippen LogP contribution is 2.39. The SMILES string of the molecule is CCCCCCN(CCc1ccccc1)C(=O)COc1ccc(C2O[C@@H]2C(=O)O)cc1. The second-order valence-electron chi connectivity index (χ2n) is 7.85.